The number of para-hydroxylation sites is 1. The number of benzene rings is 1. The van der Waals surface area contributed by atoms with Crippen LogP contribution in [0, 0.1) is 6.92 Å². The van der Waals surface area contributed by atoms with E-state index in [0.29, 0.717) is 6.54 Å². The molecule has 21 heavy (non-hydrogen) atoms. The Balaban J connectivity index is 1.71. The van der Waals surface area contributed by atoms with Gasteiger partial charge in [0.25, 0.3) is 0 Å². The molecule has 4 nitrogen and oxygen atoms in total. The van der Waals surface area contributed by atoms with Crippen LogP contribution in [0.25, 0.3) is 10.9 Å². The molecular weight excluding hydrogens is 264 g/mol. The quantitative estimate of drug-likeness (QED) is 0.910. The number of nitrogens with zero attached hydrogens (tertiary/aromatic N) is 1. The molecule has 0 spiro atoms. The molecule has 112 valence electrons. The van der Waals surface area contributed by atoms with Crippen molar-refractivity contribution in [2.24, 2.45) is 0 Å². The molecule has 0 aliphatic heterocycles. The number of carbonyl (C=O) groups excluding carboxylic acids is 1. The molecule has 2 N–H and O–H groups in total. The lowest BCUT2D eigenvalue weighted by molar-refractivity contribution is -0.123. The van der Waals surface area contributed by atoms with Crippen molar-refractivity contribution >= 4 is 16.8 Å². The van der Waals surface area contributed by atoms with Gasteiger partial charge in [-0.1, -0.05) is 31.0 Å². The van der Waals surface area contributed by atoms with Gasteiger partial charge in [-0.05, 0) is 31.4 Å². The van der Waals surface area contributed by atoms with E-state index in [1.54, 1.807) is 0 Å². The lowest BCUT2D eigenvalue weighted by atomic mass is 9.92. The zero-order valence-corrected chi connectivity index (χ0v) is 12.4. The van der Waals surface area contributed by atoms with Crippen molar-refractivity contribution in [3.8, 4) is 0 Å². The first-order valence-corrected chi connectivity index (χ1v) is 7.67. The summed E-state index contributed by atoms with van der Waals surface area (Å²) in [6.07, 6.45) is 5.41. The summed E-state index contributed by atoms with van der Waals surface area (Å²) in [5.41, 5.74) is 2.26. The molecule has 1 aromatic carbocycles. The summed E-state index contributed by atoms with van der Waals surface area (Å²) >= 11 is 0. The highest BCUT2D eigenvalue weighted by atomic mass is 16.3. The average Bonchev–Trinajstić information content (AvgIpc) is 2.79. The Labute approximate surface area is 124 Å². The van der Waals surface area contributed by atoms with Gasteiger partial charge in [0.2, 0.25) is 5.91 Å². The van der Waals surface area contributed by atoms with Gasteiger partial charge >= 0.3 is 0 Å². The fourth-order valence-corrected chi connectivity index (χ4v) is 3.25. The number of nitrogens with one attached hydrogen (secondary N) is 1. The van der Waals surface area contributed by atoms with E-state index in [9.17, 15) is 9.90 Å². The van der Waals surface area contributed by atoms with E-state index < -0.39 is 6.10 Å². The summed E-state index contributed by atoms with van der Waals surface area (Å²) in [6.45, 7) is 2.36. The maximum Gasteiger partial charge on any atom is 0.240 e. The molecule has 4 heteroatoms. The third-order valence-electron chi connectivity index (χ3n) is 4.38. The van der Waals surface area contributed by atoms with E-state index in [0.717, 1.165) is 31.2 Å². The molecule has 3 rings (SSSR count). The van der Waals surface area contributed by atoms with Gasteiger partial charge in [0.05, 0.1) is 12.1 Å². The van der Waals surface area contributed by atoms with Crippen LogP contribution in [0.4, 0.5) is 0 Å². The smallest absolute Gasteiger partial charge is 0.240 e. The monoisotopic (exact) mass is 286 g/mol. The molecule has 1 amide bonds. The third-order valence-corrected chi connectivity index (χ3v) is 4.38. The highest BCUT2D eigenvalue weighted by Gasteiger charge is 2.24. The van der Waals surface area contributed by atoms with Crippen molar-refractivity contribution in [1.82, 2.24) is 9.88 Å². The first-order chi connectivity index (χ1) is 10.1. The minimum absolute atomic E-state index is 0.0262. The van der Waals surface area contributed by atoms with Crippen LogP contribution in [0.5, 0.6) is 0 Å². The van der Waals surface area contributed by atoms with Crippen LogP contribution in [-0.4, -0.2) is 27.7 Å². The fourth-order valence-electron chi connectivity index (χ4n) is 3.25. The molecule has 0 bridgehead atoms. The third kappa shape index (κ3) is 2.95. The van der Waals surface area contributed by atoms with Crippen molar-refractivity contribution < 1.29 is 9.90 Å². The number of aliphatic hydroxyl groups excluding tert-OH is 1. The van der Waals surface area contributed by atoms with Gasteiger partial charge in [-0.15, -0.1) is 0 Å². The van der Waals surface area contributed by atoms with Crippen molar-refractivity contribution in [3.05, 3.63) is 36.0 Å². The number of hydrogen-bond donors (Lipinski definition) is 2. The van der Waals surface area contributed by atoms with Crippen molar-refractivity contribution in [3.63, 3.8) is 0 Å². The summed E-state index contributed by atoms with van der Waals surface area (Å²) in [7, 11) is 0. The Morgan fingerprint density at radius 3 is 2.90 bits per heavy atom. The first kappa shape index (κ1) is 14.1. The van der Waals surface area contributed by atoms with Crippen molar-refractivity contribution in [2.45, 2.75) is 51.3 Å². The highest BCUT2D eigenvalue weighted by Crippen LogP contribution is 2.21. The molecule has 2 atom stereocenters. The van der Waals surface area contributed by atoms with E-state index in [4.69, 9.17) is 0 Å². The Hall–Kier alpha value is -1.81. The number of aromatic nitrogens is 1. The van der Waals surface area contributed by atoms with Crippen molar-refractivity contribution in [1.29, 1.82) is 0 Å². The van der Waals surface area contributed by atoms with Gasteiger partial charge in [-0.2, -0.15) is 0 Å². The van der Waals surface area contributed by atoms with Gasteiger partial charge in [-0.3, -0.25) is 4.79 Å². The van der Waals surface area contributed by atoms with E-state index in [1.165, 1.54) is 10.9 Å². The predicted octanol–water partition coefficient (Wildman–Crippen LogP) is 2.37. The van der Waals surface area contributed by atoms with Crippen LogP contribution in [0.15, 0.2) is 30.5 Å². The first-order valence-electron chi connectivity index (χ1n) is 7.67. The van der Waals surface area contributed by atoms with Crippen LogP contribution in [0.1, 0.15) is 31.2 Å². The lowest BCUT2D eigenvalue weighted by Crippen LogP contribution is -2.46. The van der Waals surface area contributed by atoms with Crippen LogP contribution in [-0.2, 0) is 11.3 Å². The van der Waals surface area contributed by atoms with E-state index in [2.05, 4.69) is 18.3 Å². The topological polar surface area (TPSA) is 54.3 Å². The van der Waals surface area contributed by atoms with E-state index in [1.807, 2.05) is 29.0 Å². The summed E-state index contributed by atoms with van der Waals surface area (Å²) < 4.78 is 1.98. The molecule has 1 aliphatic carbocycles. The van der Waals surface area contributed by atoms with Crippen molar-refractivity contribution in [2.75, 3.05) is 0 Å². The normalized spacial score (nSPS) is 22.4. The molecule has 1 fully saturated rings. The Morgan fingerprint density at radius 2 is 2.10 bits per heavy atom. The summed E-state index contributed by atoms with van der Waals surface area (Å²) in [5.74, 6) is -0.0262. The van der Waals surface area contributed by atoms with E-state index in [-0.39, 0.29) is 11.9 Å². The van der Waals surface area contributed by atoms with Crippen LogP contribution >= 0.6 is 0 Å². The molecule has 1 aliphatic rings. The summed E-state index contributed by atoms with van der Waals surface area (Å²) in [6, 6.07) is 8.02. The molecule has 0 saturated heterocycles. The number of carbonyl (C=O) groups is 1. The van der Waals surface area contributed by atoms with Crippen LogP contribution in [0.2, 0.25) is 0 Å². The zero-order chi connectivity index (χ0) is 14.8. The molecular formula is C17H22N2O2. The molecule has 0 radical (unpaired) electrons. The molecule has 1 saturated carbocycles. The second-order valence-corrected chi connectivity index (χ2v) is 5.98. The van der Waals surface area contributed by atoms with Gasteiger partial charge in [-0.25, -0.2) is 0 Å². The summed E-state index contributed by atoms with van der Waals surface area (Å²) in [4.78, 5) is 12.2. The molecule has 1 aromatic heterocycles. The Kier molecular flexibility index (Phi) is 3.97. The second kappa shape index (κ2) is 5.90. The van der Waals surface area contributed by atoms with Gasteiger partial charge in [0.15, 0.2) is 0 Å². The van der Waals surface area contributed by atoms with Gasteiger partial charge < -0.3 is 15.0 Å². The Morgan fingerprint density at radius 1 is 1.33 bits per heavy atom. The SMILES string of the molecule is Cc1cn(CC(=O)NC2CCCCC2O)c2ccccc12. The number of fused-ring (bicyclic) bond motifs is 1. The van der Waals surface area contributed by atoms with Crippen LogP contribution in [0.3, 0.4) is 0 Å². The number of aryl methyl sites for hydroxylation is 1. The number of hydrogen-bond acceptors (Lipinski definition) is 2. The highest BCUT2D eigenvalue weighted by molar-refractivity contribution is 5.86. The number of aliphatic hydroxyl groups is 1. The molecule has 1 heterocycles. The Bertz CT molecular complexity index is 647. The number of rotatable bonds is 3. The molecule has 2 unspecified atom stereocenters. The summed E-state index contributed by atoms with van der Waals surface area (Å²) in [5, 5.41) is 14.1. The maximum atomic E-state index is 12.2. The van der Waals surface area contributed by atoms with Crippen LogP contribution < -0.4 is 5.32 Å². The fraction of sp³-hybridized carbons (Fsp3) is 0.471. The number of amides is 1. The van der Waals surface area contributed by atoms with E-state index >= 15 is 0 Å². The second-order valence-electron chi connectivity index (χ2n) is 5.98. The largest absolute Gasteiger partial charge is 0.391 e. The minimum atomic E-state index is -0.397. The molecule has 2 aromatic rings. The average molecular weight is 286 g/mol. The standard InChI is InChI=1S/C17H22N2O2/c1-12-10-19(15-8-4-2-6-13(12)15)11-17(21)18-14-7-3-5-9-16(14)20/h2,4,6,8,10,14,16,20H,3,5,7,9,11H2,1H3,(H,18,21). The van der Waals surface area contributed by atoms with Gasteiger partial charge in [0, 0.05) is 17.1 Å². The van der Waals surface area contributed by atoms with Gasteiger partial charge in [0.1, 0.15) is 6.54 Å². The predicted molar refractivity (Wildman–Crippen MR) is 83.1 cm³/mol. The maximum absolute atomic E-state index is 12.2. The zero-order valence-electron chi connectivity index (χ0n) is 12.4. The minimum Gasteiger partial charge on any atom is -0.391 e. The lowest BCUT2D eigenvalue weighted by Gasteiger charge is -2.28.